The maximum Gasteiger partial charge on any atom is 0.115 e. The molecule has 21 heavy (non-hydrogen) atoms. The number of rotatable bonds is 3. The van der Waals surface area contributed by atoms with E-state index in [0.717, 1.165) is 27.0 Å². The Morgan fingerprint density at radius 2 is 1.76 bits per heavy atom. The van der Waals surface area contributed by atoms with Crippen LogP contribution in [0, 0.1) is 0 Å². The average molecular weight is 405 g/mol. The smallest absolute Gasteiger partial charge is 0.115 e. The van der Waals surface area contributed by atoms with Crippen molar-refractivity contribution in [1.29, 1.82) is 0 Å². The van der Waals surface area contributed by atoms with E-state index >= 15 is 0 Å². The van der Waals surface area contributed by atoms with Crippen molar-refractivity contribution in [3.8, 4) is 5.69 Å². The molecule has 0 aliphatic rings. The van der Waals surface area contributed by atoms with Gasteiger partial charge in [0.2, 0.25) is 0 Å². The van der Waals surface area contributed by atoms with Crippen LogP contribution >= 0.6 is 50.7 Å². The molecule has 0 radical (unpaired) electrons. The van der Waals surface area contributed by atoms with Crippen LogP contribution in [0.25, 0.3) is 16.7 Å². The number of hydrogen-bond donors (Lipinski definition) is 0. The molecule has 2 aromatic carbocycles. The molecule has 0 N–H and O–H groups in total. The SMILES string of the molecule is ClCCc1nc2ccc(Cl)cc2n1-c1cc(Cl)ccc1Br. The van der Waals surface area contributed by atoms with Gasteiger partial charge in [-0.05, 0) is 52.3 Å². The molecule has 1 heterocycles. The first-order valence-corrected chi connectivity index (χ1v) is 8.37. The van der Waals surface area contributed by atoms with Gasteiger partial charge in [-0.1, -0.05) is 23.2 Å². The fraction of sp³-hybridized carbons (Fsp3) is 0.133. The summed E-state index contributed by atoms with van der Waals surface area (Å²) in [7, 11) is 0. The molecule has 0 aliphatic heterocycles. The third-order valence-electron chi connectivity index (χ3n) is 3.15. The number of aryl methyl sites for hydroxylation is 1. The number of benzene rings is 2. The first-order valence-electron chi connectivity index (χ1n) is 6.28. The first-order chi connectivity index (χ1) is 10.1. The molecule has 0 spiro atoms. The van der Waals surface area contributed by atoms with Crippen LogP contribution in [0.3, 0.4) is 0 Å². The van der Waals surface area contributed by atoms with Gasteiger partial charge in [0.15, 0.2) is 0 Å². The number of nitrogens with zero attached hydrogens (tertiary/aromatic N) is 2. The van der Waals surface area contributed by atoms with Crippen molar-refractivity contribution >= 4 is 61.8 Å². The maximum atomic E-state index is 6.14. The molecule has 0 amide bonds. The number of aromatic nitrogens is 2. The van der Waals surface area contributed by atoms with E-state index in [4.69, 9.17) is 34.8 Å². The molecular formula is C15H10BrCl3N2. The summed E-state index contributed by atoms with van der Waals surface area (Å²) in [5.74, 6) is 1.38. The van der Waals surface area contributed by atoms with Gasteiger partial charge in [0.05, 0.1) is 16.7 Å². The zero-order valence-corrected chi connectivity index (χ0v) is 14.6. The van der Waals surface area contributed by atoms with Crippen molar-refractivity contribution in [3.05, 3.63) is 56.7 Å². The number of imidazole rings is 1. The van der Waals surface area contributed by atoms with Gasteiger partial charge in [0, 0.05) is 26.8 Å². The van der Waals surface area contributed by atoms with E-state index in [1.807, 2.05) is 41.0 Å². The molecular weight excluding hydrogens is 394 g/mol. The van der Waals surface area contributed by atoms with Crippen molar-refractivity contribution < 1.29 is 0 Å². The van der Waals surface area contributed by atoms with Gasteiger partial charge in [-0.3, -0.25) is 4.57 Å². The van der Waals surface area contributed by atoms with E-state index in [2.05, 4.69) is 20.9 Å². The molecule has 0 saturated heterocycles. The molecule has 0 unspecified atom stereocenters. The topological polar surface area (TPSA) is 17.8 Å². The lowest BCUT2D eigenvalue weighted by molar-refractivity contribution is 0.909. The Morgan fingerprint density at radius 1 is 1.05 bits per heavy atom. The van der Waals surface area contributed by atoms with Crippen molar-refractivity contribution in [2.75, 3.05) is 5.88 Å². The molecule has 108 valence electrons. The first kappa shape index (κ1) is 15.2. The molecule has 1 aromatic heterocycles. The predicted octanol–water partition coefficient (Wildman–Crippen LogP) is 5.88. The predicted molar refractivity (Wildman–Crippen MR) is 93.2 cm³/mol. The van der Waals surface area contributed by atoms with Crippen LogP contribution in [-0.2, 0) is 6.42 Å². The summed E-state index contributed by atoms with van der Waals surface area (Å²) in [5.41, 5.74) is 2.74. The van der Waals surface area contributed by atoms with Crippen LogP contribution in [0.5, 0.6) is 0 Å². The maximum absolute atomic E-state index is 6.14. The Bertz CT molecular complexity index is 814. The zero-order chi connectivity index (χ0) is 15.0. The molecule has 6 heteroatoms. The monoisotopic (exact) mass is 402 g/mol. The number of halogens is 4. The Labute approximate surface area is 145 Å². The molecule has 3 aromatic rings. The van der Waals surface area contributed by atoms with E-state index in [1.54, 1.807) is 0 Å². The van der Waals surface area contributed by atoms with Crippen LogP contribution in [0.15, 0.2) is 40.9 Å². The van der Waals surface area contributed by atoms with Crippen LogP contribution < -0.4 is 0 Å². The fourth-order valence-corrected chi connectivity index (χ4v) is 3.20. The van der Waals surface area contributed by atoms with Crippen LogP contribution in [0.4, 0.5) is 0 Å². The normalized spacial score (nSPS) is 11.2. The summed E-state index contributed by atoms with van der Waals surface area (Å²) in [4.78, 5) is 4.65. The number of hydrogen-bond acceptors (Lipinski definition) is 1. The quantitative estimate of drug-likeness (QED) is 0.499. The molecule has 0 bridgehead atoms. The summed E-state index contributed by atoms with van der Waals surface area (Å²) in [6.45, 7) is 0. The minimum Gasteiger partial charge on any atom is -0.295 e. The van der Waals surface area contributed by atoms with Crippen molar-refractivity contribution in [2.24, 2.45) is 0 Å². The van der Waals surface area contributed by atoms with Gasteiger partial charge in [0.25, 0.3) is 0 Å². The van der Waals surface area contributed by atoms with E-state index < -0.39 is 0 Å². The second-order valence-corrected chi connectivity index (χ2v) is 6.64. The standard InChI is InChI=1S/C15H10BrCl3N2/c16-11-3-1-9(18)7-13(11)21-14-8-10(19)2-4-12(14)20-15(21)5-6-17/h1-4,7-8H,5-6H2. The van der Waals surface area contributed by atoms with Crippen LogP contribution in [0.2, 0.25) is 10.0 Å². The van der Waals surface area contributed by atoms with Gasteiger partial charge in [-0.2, -0.15) is 0 Å². The van der Waals surface area contributed by atoms with E-state index in [9.17, 15) is 0 Å². The lowest BCUT2D eigenvalue weighted by atomic mass is 10.2. The molecule has 2 nitrogen and oxygen atoms in total. The Hall–Kier alpha value is -0.740. The zero-order valence-electron chi connectivity index (χ0n) is 10.8. The van der Waals surface area contributed by atoms with Crippen LogP contribution in [-0.4, -0.2) is 15.4 Å². The Kier molecular flexibility index (Phi) is 4.46. The minimum absolute atomic E-state index is 0.495. The van der Waals surface area contributed by atoms with Gasteiger partial charge >= 0.3 is 0 Å². The summed E-state index contributed by atoms with van der Waals surface area (Å²) < 4.78 is 2.97. The molecule has 0 aliphatic carbocycles. The summed E-state index contributed by atoms with van der Waals surface area (Å²) >= 11 is 21.7. The molecule has 0 saturated carbocycles. The number of fused-ring (bicyclic) bond motifs is 1. The lowest BCUT2D eigenvalue weighted by Crippen LogP contribution is -2.03. The highest BCUT2D eigenvalue weighted by molar-refractivity contribution is 9.10. The Balaban J connectivity index is 2.35. The van der Waals surface area contributed by atoms with Gasteiger partial charge in [-0.25, -0.2) is 4.98 Å². The minimum atomic E-state index is 0.495. The summed E-state index contributed by atoms with van der Waals surface area (Å²) in [5, 5.41) is 1.33. The largest absolute Gasteiger partial charge is 0.295 e. The van der Waals surface area contributed by atoms with Crippen molar-refractivity contribution in [1.82, 2.24) is 9.55 Å². The van der Waals surface area contributed by atoms with Gasteiger partial charge in [0.1, 0.15) is 5.82 Å². The summed E-state index contributed by atoms with van der Waals surface area (Å²) in [6, 6.07) is 11.3. The molecule has 0 atom stereocenters. The van der Waals surface area contributed by atoms with Crippen LogP contribution in [0.1, 0.15) is 5.82 Å². The lowest BCUT2D eigenvalue weighted by Gasteiger charge is -2.11. The Morgan fingerprint density at radius 3 is 2.52 bits per heavy atom. The highest BCUT2D eigenvalue weighted by Crippen LogP contribution is 2.31. The second-order valence-electron chi connectivity index (χ2n) is 4.53. The van der Waals surface area contributed by atoms with Gasteiger partial charge < -0.3 is 0 Å². The second kappa shape index (κ2) is 6.17. The number of alkyl halides is 1. The van der Waals surface area contributed by atoms with Gasteiger partial charge in [-0.15, -0.1) is 11.6 Å². The molecule has 0 fully saturated rings. The third-order valence-corrected chi connectivity index (χ3v) is 4.48. The van der Waals surface area contributed by atoms with Crippen molar-refractivity contribution in [3.63, 3.8) is 0 Å². The fourth-order valence-electron chi connectivity index (χ4n) is 2.28. The summed E-state index contributed by atoms with van der Waals surface area (Å²) in [6.07, 6.45) is 0.660. The third kappa shape index (κ3) is 2.93. The van der Waals surface area contributed by atoms with E-state index in [1.165, 1.54) is 0 Å². The van der Waals surface area contributed by atoms with Crippen molar-refractivity contribution in [2.45, 2.75) is 6.42 Å². The van der Waals surface area contributed by atoms with E-state index in [-0.39, 0.29) is 0 Å². The highest BCUT2D eigenvalue weighted by atomic mass is 79.9. The average Bonchev–Trinajstić information content (AvgIpc) is 2.79. The molecule has 3 rings (SSSR count). The highest BCUT2D eigenvalue weighted by Gasteiger charge is 2.15. The van der Waals surface area contributed by atoms with E-state index in [0.29, 0.717) is 22.3 Å².